The van der Waals surface area contributed by atoms with Crippen molar-refractivity contribution in [1.29, 1.82) is 0 Å². The minimum Gasteiger partial charge on any atom is -0.744 e. The summed E-state index contributed by atoms with van der Waals surface area (Å²) in [5, 5.41) is 0. The molecule has 0 saturated heterocycles. The van der Waals surface area contributed by atoms with Crippen molar-refractivity contribution in [2.75, 3.05) is 0 Å². The first kappa shape index (κ1) is 16.3. The molecule has 0 amide bonds. The van der Waals surface area contributed by atoms with Crippen LogP contribution in [0.1, 0.15) is 0 Å². The summed E-state index contributed by atoms with van der Waals surface area (Å²) in [6.45, 7) is 0. The molecule has 0 heterocycles. The van der Waals surface area contributed by atoms with E-state index in [2.05, 4.69) is 0 Å². The quantitative estimate of drug-likeness (QED) is 0.392. The van der Waals surface area contributed by atoms with Crippen molar-refractivity contribution in [3.63, 3.8) is 0 Å². The smallest absolute Gasteiger partial charge is 0.744 e. The van der Waals surface area contributed by atoms with E-state index in [1.54, 1.807) is 0 Å². The summed E-state index contributed by atoms with van der Waals surface area (Å²) >= 11 is 0. The Bertz CT molecular complexity index is 128. The standard InChI is InChI=1S/2HO3P.Sn/c2*1-4(2)3;/h2*(H,1,2,3);/q;;+4/p-2. The second kappa shape index (κ2) is 11.3. The molecular formula is O6P2Sn+2. The maximum absolute atomic E-state index is 8.48. The van der Waals surface area contributed by atoms with Gasteiger partial charge in [0, 0.05) is 0 Å². The average Bonchev–Trinajstić information content (AvgIpc) is 1.25. The maximum atomic E-state index is 8.48. The van der Waals surface area contributed by atoms with Crippen LogP contribution in [0.3, 0.4) is 0 Å². The topological polar surface area (TPSA) is 114 Å². The third-order valence-corrected chi connectivity index (χ3v) is 0. The second-order valence-electron chi connectivity index (χ2n) is 0.447. The minimum atomic E-state index is -3.37. The van der Waals surface area contributed by atoms with E-state index in [1.165, 1.54) is 0 Å². The molecule has 0 aliphatic rings. The van der Waals surface area contributed by atoms with E-state index in [9.17, 15) is 0 Å². The SMILES string of the molecule is O=P(=O)[O-].O=P(=O)[O-].[Sn+4]. The Morgan fingerprint density at radius 2 is 0.778 bits per heavy atom. The molecule has 0 bridgehead atoms. The van der Waals surface area contributed by atoms with E-state index in [-0.39, 0.29) is 23.9 Å². The van der Waals surface area contributed by atoms with Crippen molar-refractivity contribution >= 4 is 39.7 Å². The zero-order chi connectivity index (χ0) is 7.15. The van der Waals surface area contributed by atoms with Crippen molar-refractivity contribution in [1.82, 2.24) is 0 Å². The molecule has 0 radical (unpaired) electrons. The van der Waals surface area contributed by atoms with E-state index in [0.29, 0.717) is 0 Å². The molecule has 9 heteroatoms. The van der Waals surface area contributed by atoms with Crippen LogP contribution >= 0.6 is 15.8 Å². The number of hydrogen-bond acceptors (Lipinski definition) is 6. The van der Waals surface area contributed by atoms with Gasteiger partial charge in [0.15, 0.2) is 0 Å². The molecule has 0 aromatic carbocycles. The fourth-order valence-corrected chi connectivity index (χ4v) is 0. The van der Waals surface area contributed by atoms with Crippen molar-refractivity contribution in [3.8, 4) is 0 Å². The van der Waals surface area contributed by atoms with E-state index < -0.39 is 15.8 Å². The van der Waals surface area contributed by atoms with Gasteiger partial charge in [0.1, 0.15) is 0 Å². The van der Waals surface area contributed by atoms with E-state index in [1.807, 2.05) is 0 Å². The van der Waals surface area contributed by atoms with Crippen molar-refractivity contribution < 1.29 is 28.0 Å². The Morgan fingerprint density at radius 1 is 0.778 bits per heavy atom. The third-order valence-electron chi connectivity index (χ3n) is 0. The van der Waals surface area contributed by atoms with Crippen LogP contribution in [-0.2, 0) is 18.3 Å². The summed E-state index contributed by atoms with van der Waals surface area (Å²) < 4.78 is 33.9. The second-order valence-corrected chi connectivity index (χ2v) is 1.34. The van der Waals surface area contributed by atoms with Gasteiger partial charge in [-0.2, -0.15) is 0 Å². The van der Waals surface area contributed by atoms with Gasteiger partial charge in [-0.3, -0.25) is 18.3 Å². The Kier molecular flexibility index (Phi) is 20.5. The van der Waals surface area contributed by atoms with E-state index >= 15 is 0 Å². The average molecular weight is 277 g/mol. The summed E-state index contributed by atoms with van der Waals surface area (Å²) in [5.74, 6) is 0. The molecule has 48 valence electrons. The van der Waals surface area contributed by atoms with Gasteiger partial charge < -0.3 is 9.79 Å². The molecule has 0 aliphatic carbocycles. The van der Waals surface area contributed by atoms with Crippen LogP contribution in [-0.4, -0.2) is 23.9 Å². The largest absolute Gasteiger partial charge is 4.00 e. The number of rotatable bonds is 0. The van der Waals surface area contributed by atoms with Crippen LogP contribution in [0.5, 0.6) is 0 Å². The zero-order valence-electron chi connectivity index (χ0n) is 3.84. The molecule has 0 spiro atoms. The van der Waals surface area contributed by atoms with Crippen molar-refractivity contribution in [2.24, 2.45) is 0 Å². The van der Waals surface area contributed by atoms with Crippen LogP contribution in [0.15, 0.2) is 0 Å². The molecule has 0 fully saturated rings. The Labute approximate surface area is 68.0 Å². The molecule has 0 unspecified atom stereocenters. The Balaban J connectivity index is -0.0000000720. The maximum Gasteiger partial charge on any atom is 4.00 e. The fourth-order valence-electron chi connectivity index (χ4n) is 0. The summed E-state index contributed by atoms with van der Waals surface area (Å²) in [7, 11) is -6.74. The van der Waals surface area contributed by atoms with Crippen LogP contribution in [0.2, 0.25) is 0 Å². The molecule has 0 N–H and O–H groups in total. The molecule has 9 heavy (non-hydrogen) atoms. The summed E-state index contributed by atoms with van der Waals surface area (Å²) in [5.41, 5.74) is 0. The first-order valence-corrected chi connectivity index (χ1v) is 3.29. The molecule has 0 atom stereocenters. The van der Waals surface area contributed by atoms with Crippen molar-refractivity contribution in [2.45, 2.75) is 0 Å². The first-order valence-electron chi connectivity index (χ1n) is 1.10. The van der Waals surface area contributed by atoms with Gasteiger partial charge in [-0.15, -0.1) is 0 Å². The van der Waals surface area contributed by atoms with Crippen LogP contribution in [0, 0.1) is 0 Å². The van der Waals surface area contributed by atoms with Gasteiger partial charge in [-0.05, 0) is 0 Å². The van der Waals surface area contributed by atoms with Crippen LogP contribution < -0.4 is 9.79 Å². The summed E-state index contributed by atoms with van der Waals surface area (Å²) in [6, 6.07) is 0. The molecule has 0 aromatic heterocycles. The van der Waals surface area contributed by atoms with Crippen LogP contribution in [0.4, 0.5) is 0 Å². The van der Waals surface area contributed by atoms with Gasteiger partial charge >= 0.3 is 23.9 Å². The van der Waals surface area contributed by atoms with E-state index in [0.717, 1.165) is 0 Å². The van der Waals surface area contributed by atoms with Gasteiger partial charge in [0.05, 0.1) is 0 Å². The van der Waals surface area contributed by atoms with Gasteiger partial charge in [0.2, 0.25) is 15.8 Å². The van der Waals surface area contributed by atoms with Crippen LogP contribution in [0.25, 0.3) is 0 Å². The molecule has 0 aliphatic heterocycles. The third kappa shape index (κ3) is 1350. The Morgan fingerprint density at radius 3 is 0.778 bits per heavy atom. The molecular weight excluding hydrogens is 277 g/mol. The summed E-state index contributed by atoms with van der Waals surface area (Å²) in [4.78, 5) is 17.0. The monoisotopic (exact) mass is 278 g/mol. The fraction of sp³-hybridized carbons (Fsp3) is 0. The molecule has 6 nitrogen and oxygen atoms in total. The van der Waals surface area contributed by atoms with Crippen molar-refractivity contribution in [3.05, 3.63) is 0 Å². The minimum absolute atomic E-state index is 0. The van der Waals surface area contributed by atoms with Gasteiger partial charge in [-0.25, -0.2) is 0 Å². The molecule has 0 saturated carbocycles. The Hall–Kier alpha value is 0.519. The summed E-state index contributed by atoms with van der Waals surface area (Å²) in [6.07, 6.45) is 0. The predicted octanol–water partition coefficient (Wildman–Crippen LogP) is -1.51. The molecule has 0 rings (SSSR count). The normalized spacial score (nSPS) is 5.56. The van der Waals surface area contributed by atoms with E-state index in [4.69, 9.17) is 28.0 Å². The number of hydrogen-bond donors (Lipinski definition) is 0. The van der Waals surface area contributed by atoms with Gasteiger partial charge in [0.25, 0.3) is 0 Å². The first-order chi connectivity index (χ1) is 3.46. The zero-order valence-corrected chi connectivity index (χ0v) is 8.49. The van der Waals surface area contributed by atoms with Gasteiger partial charge in [-0.1, -0.05) is 0 Å². The predicted molar refractivity (Wildman–Crippen MR) is 22.3 cm³/mol. The molecule has 0 aromatic rings.